The quantitative estimate of drug-likeness (QED) is 0.522. The van der Waals surface area contributed by atoms with E-state index in [1.165, 1.54) is 0 Å². The maximum Gasteiger partial charge on any atom is 0.0719 e. The summed E-state index contributed by atoms with van der Waals surface area (Å²) in [5.41, 5.74) is 11.1. The zero-order valence-corrected chi connectivity index (χ0v) is 6.87. The van der Waals surface area contributed by atoms with E-state index in [0.717, 1.165) is 25.7 Å². The largest absolute Gasteiger partial charge is 0.391 e. The predicted octanol–water partition coefficient (Wildman–Crippen LogP) is -0.176. The highest BCUT2D eigenvalue weighted by Crippen LogP contribution is 2.25. The highest BCUT2D eigenvalue weighted by atomic mass is 16.3. The first-order valence-corrected chi connectivity index (χ1v) is 4.39. The fourth-order valence-corrected chi connectivity index (χ4v) is 1.84. The minimum atomic E-state index is -0.313. The van der Waals surface area contributed by atoms with Crippen molar-refractivity contribution < 1.29 is 5.11 Å². The second-order valence-electron chi connectivity index (χ2n) is 3.42. The molecule has 3 nitrogen and oxygen atoms in total. The van der Waals surface area contributed by atoms with Crippen LogP contribution in [0.25, 0.3) is 0 Å². The van der Waals surface area contributed by atoms with Crippen LogP contribution in [-0.4, -0.2) is 23.8 Å². The van der Waals surface area contributed by atoms with Gasteiger partial charge in [0.15, 0.2) is 0 Å². The lowest BCUT2D eigenvalue weighted by Gasteiger charge is -2.32. The molecule has 11 heavy (non-hydrogen) atoms. The third-order valence-electron chi connectivity index (χ3n) is 2.57. The van der Waals surface area contributed by atoms with Crippen LogP contribution < -0.4 is 11.5 Å². The molecule has 1 rings (SSSR count). The Kier molecular flexibility index (Phi) is 3.30. The Bertz CT molecular complexity index is 117. The molecule has 0 aliphatic heterocycles. The molecule has 3 heteroatoms. The van der Waals surface area contributed by atoms with E-state index in [2.05, 4.69) is 0 Å². The lowest BCUT2D eigenvalue weighted by molar-refractivity contribution is 0.0484. The van der Waals surface area contributed by atoms with Gasteiger partial charge in [-0.25, -0.2) is 0 Å². The molecule has 0 bridgehead atoms. The molecule has 0 amide bonds. The molecule has 1 aliphatic rings. The van der Waals surface area contributed by atoms with Crippen molar-refractivity contribution in [2.75, 3.05) is 6.54 Å². The third kappa shape index (κ3) is 2.15. The molecule has 0 aromatic heterocycles. The van der Waals surface area contributed by atoms with Crippen LogP contribution in [0.1, 0.15) is 25.7 Å². The SMILES string of the molecule is NCCC1CCCC(N)C1O. The van der Waals surface area contributed by atoms with Crippen LogP contribution in [0.3, 0.4) is 0 Å². The third-order valence-corrected chi connectivity index (χ3v) is 2.57. The summed E-state index contributed by atoms with van der Waals surface area (Å²) in [6, 6.07) is -0.0136. The topological polar surface area (TPSA) is 72.3 Å². The van der Waals surface area contributed by atoms with Gasteiger partial charge in [-0.05, 0) is 31.7 Å². The molecule has 66 valence electrons. The molecule has 3 atom stereocenters. The average Bonchev–Trinajstić information content (AvgIpc) is 1.99. The van der Waals surface area contributed by atoms with E-state index < -0.39 is 0 Å². The Hall–Kier alpha value is -0.120. The number of rotatable bonds is 2. The van der Waals surface area contributed by atoms with Crippen molar-refractivity contribution in [2.24, 2.45) is 17.4 Å². The minimum Gasteiger partial charge on any atom is -0.391 e. The lowest BCUT2D eigenvalue weighted by Crippen LogP contribution is -2.43. The molecule has 1 saturated carbocycles. The minimum absolute atomic E-state index is 0.0136. The van der Waals surface area contributed by atoms with E-state index in [1.807, 2.05) is 0 Å². The zero-order valence-electron chi connectivity index (χ0n) is 6.87. The molecule has 0 heterocycles. The highest BCUT2D eigenvalue weighted by molar-refractivity contribution is 4.84. The Morgan fingerprint density at radius 3 is 2.73 bits per heavy atom. The first-order chi connectivity index (χ1) is 5.25. The van der Waals surface area contributed by atoms with Crippen molar-refractivity contribution in [1.82, 2.24) is 0 Å². The van der Waals surface area contributed by atoms with Crippen molar-refractivity contribution in [1.29, 1.82) is 0 Å². The molecule has 0 spiro atoms. The maximum absolute atomic E-state index is 9.59. The van der Waals surface area contributed by atoms with Crippen LogP contribution in [0.2, 0.25) is 0 Å². The predicted molar refractivity (Wildman–Crippen MR) is 45.0 cm³/mol. The van der Waals surface area contributed by atoms with Gasteiger partial charge in [0, 0.05) is 6.04 Å². The standard InChI is InChI=1S/C8H18N2O/c9-5-4-6-2-1-3-7(10)8(6)11/h6-8,11H,1-5,9-10H2. The number of hydrogen-bond donors (Lipinski definition) is 3. The fraction of sp³-hybridized carbons (Fsp3) is 1.00. The molecule has 0 radical (unpaired) electrons. The lowest BCUT2D eigenvalue weighted by atomic mass is 9.81. The van der Waals surface area contributed by atoms with Gasteiger partial charge in [-0.2, -0.15) is 0 Å². The van der Waals surface area contributed by atoms with Crippen molar-refractivity contribution in [3.05, 3.63) is 0 Å². The summed E-state index contributed by atoms with van der Waals surface area (Å²) >= 11 is 0. The molecule has 1 aliphatic carbocycles. The molecule has 1 fully saturated rings. The van der Waals surface area contributed by atoms with Crippen LogP contribution in [0.15, 0.2) is 0 Å². The van der Waals surface area contributed by atoms with Gasteiger partial charge in [0.05, 0.1) is 6.10 Å². The van der Waals surface area contributed by atoms with Crippen molar-refractivity contribution >= 4 is 0 Å². The van der Waals surface area contributed by atoms with E-state index in [9.17, 15) is 5.11 Å². The van der Waals surface area contributed by atoms with Gasteiger partial charge in [0.1, 0.15) is 0 Å². The smallest absolute Gasteiger partial charge is 0.0719 e. The molecule has 0 aromatic carbocycles. The molecule has 0 saturated heterocycles. The van der Waals surface area contributed by atoms with Crippen molar-refractivity contribution in [2.45, 2.75) is 37.8 Å². The normalized spacial score (nSPS) is 39.0. The second-order valence-corrected chi connectivity index (χ2v) is 3.42. The summed E-state index contributed by atoms with van der Waals surface area (Å²) in [6.45, 7) is 0.661. The van der Waals surface area contributed by atoms with Gasteiger partial charge in [0.2, 0.25) is 0 Å². The zero-order chi connectivity index (χ0) is 8.27. The summed E-state index contributed by atoms with van der Waals surface area (Å²) in [7, 11) is 0. The van der Waals surface area contributed by atoms with E-state index in [1.54, 1.807) is 0 Å². The van der Waals surface area contributed by atoms with Crippen LogP contribution in [0.5, 0.6) is 0 Å². The first-order valence-electron chi connectivity index (χ1n) is 4.39. The van der Waals surface area contributed by atoms with Crippen LogP contribution in [0.4, 0.5) is 0 Å². The molecule has 5 N–H and O–H groups in total. The van der Waals surface area contributed by atoms with E-state index in [-0.39, 0.29) is 12.1 Å². The summed E-state index contributed by atoms with van der Waals surface area (Å²) in [5.74, 6) is 0.351. The maximum atomic E-state index is 9.59. The van der Waals surface area contributed by atoms with Gasteiger partial charge >= 0.3 is 0 Å². The van der Waals surface area contributed by atoms with Crippen LogP contribution >= 0.6 is 0 Å². The van der Waals surface area contributed by atoms with E-state index in [4.69, 9.17) is 11.5 Å². The molecular weight excluding hydrogens is 140 g/mol. The number of aliphatic hydroxyl groups is 1. The Labute approximate surface area is 67.8 Å². The number of nitrogens with two attached hydrogens (primary N) is 2. The average molecular weight is 158 g/mol. The van der Waals surface area contributed by atoms with Gasteiger partial charge in [0.25, 0.3) is 0 Å². The van der Waals surface area contributed by atoms with Gasteiger partial charge in [-0.1, -0.05) is 6.42 Å². The first kappa shape index (κ1) is 8.97. The van der Waals surface area contributed by atoms with Gasteiger partial charge < -0.3 is 16.6 Å². The van der Waals surface area contributed by atoms with Crippen LogP contribution in [0, 0.1) is 5.92 Å². The second kappa shape index (κ2) is 4.04. The Morgan fingerprint density at radius 1 is 1.36 bits per heavy atom. The fourth-order valence-electron chi connectivity index (χ4n) is 1.84. The Morgan fingerprint density at radius 2 is 2.09 bits per heavy atom. The summed E-state index contributed by atoms with van der Waals surface area (Å²) < 4.78 is 0. The highest BCUT2D eigenvalue weighted by Gasteiger charge is 2.28. The van der Waals surface area contributed by atoms with E-state index in [0.29, 0.717) is 12.5 Å². The molecule has 3 unspecified atom stereocenters. The van der Waals surface area contributed by atoms with Gasteiger partial charge in [-0.15, -0.1) is 0 Å². The summed E-state index contributed by atoms with van der Waals surface area (Å²) in [4.78, 5) is 0. The summed E-state index contributed by atoms with van der Waals surface area (Å²) in [6.07, 6.45) is 3.79. The van der Waals surface area contributed by atoms with Gasteiger partial charge in [-0.3, -0.25) is 0 Å². The van der Waals surface area contributed by atoms with E-state index >= 15 is 0 Å². The van der Waals surface area contributed by atoms with Crippen molar-refractivity contribution in [3.63, 3.8) is 0 Å². The number of aliphatic hydroxyl groups excluding tert-OH is 1. The molecular formula is C8H18N2O. The van der Waals surface area contributed by atoms with Crippen molar-refractivity contribution in [3.8, 4) is 0 Å². The molecule has 0 aromatic rings. The number of hydrogen-bond acceptors (Lipinski definition) is 3. The summed E-state index contributed by atoms with van der Waals surface area (Å²) in [5, 5.41) is 9.59. The monoisotopic (exact) mass is 158 g/mol. The Balaban J connectivity index is 2.38. The van der Waals surface area contributed by atoms with Crippen LogP contribution in [-0.2, 0) is 0 Å².